The second kappa shape index (κ2) is 8.23. The van der Waals surface area contributed by atoms with Crippen molar-refractivity contribution >= 4 is 23.7 Å². The lowest BCUT2D eigenvalue weighted by molar-refractivity contribution is -0.139. The van der Waals surface area contributed by atoms with E-state index >= 15 is 0 Å². The highest BCUT2D eigenvalue weighted by atomic mass is 35.5. The van der Waals surface area contributed by atoms with Gasteiger partial charge in [-0.1, -0.05) is 48.0 Å². The van der Waals surface area contributed by atoms with E-state index in [0.29, 0.717) is 5.02 Å². The van der Waals surface area contributed by atoms with Crippen LogP contribution in [0.25, 0.3) is 11.1 Å². The summed E-state index contributed by atoms with van der Waals surface area (Å²) >= 11 is 6.01. The number of carboxylic acid groups (broad SMARTS) is 1. The Balaban J connectivity index is 2.07. The van der Waals surface area contributed by atoms with Crippen LogP contribution >= 0.6 is 11.6 Å². The molecule has 0 unspecified atom stereocenters. The minimum atomic E-state index is -1.12. The third-order valence-corrected chi connectivity index (χ3v) is 3.78. The lowest BCUT2D eigenvalue weighted by Crippen LogP contribution is -2.44. The first kappa shape index (κ1) is 19.8. The molecule has 1 amide bonds. The van der Waals surface area contributed by atoms with Crippen molar-refractivity contribution in [1.29, 1.82) is 0 Å². The zero-order valence-corrected chi connectivity index (χ0v) is 15.7. The van der Waals surface area contributed by atoms with E-state index in [1.54, 1.807) is 26.8 Å². The molecule has 6 heteroatoms. The van der Waals surface area contributed by atoms with Crippen LogP contribution in [0.3, 0.4) is 0 Å². The van der Waals surface area contributed by atoms with Crippen molar-refractivity contribution in [2.75, 3.05) is 0 Å². The molecule has 0 saturated carbocycles. The topological polar surface area (TPSA) is 75.6 Å². The second-order valence-corrected chi connectivity index (χ2v) is 7.38. The van der Waals surface area contributed by atoms with Gasteiger partial charge >= 0.3 is 12.1 Å². The molecule has 0 bridgehead atoms. The maximum Gasteiger partial charge on any atom is 0.408 e. The van der Waals surface area contributed by atoms with Crippen molar-refractivity contribution in [2.24, 2.45) is 0 Å². The molecule has 5 nitrogen and oxygen atoms in total. The van der Waals surface area contributed by atoms with Gasteiger partial charge in [-0.2, -0.15) is 0 Å². The van der Waals surface area contributed by atoms with Crippen LogP contribution < -0.4 is 5.32 Å². The summed E-state index contributed by atoms with van der Waals surface area (Å²) in [6.07, 6.45) is -0.592. The van der Waals surface area contributed by atoms with Gasteiger partial charge in [0.2, 0.25) is 0 Å². The summed E-state index contributed by atoms with van der Waals surface area (Å²) < 4.78 is 5.12. The molecule has 0 spiro atoms. The van der Waals surface area contributed by atoms with Crippen molar-refractivity contribution < 1.29 is 19.4 Å². The van der Waals surface area contributed by atoms with Crippen LogP contribution in [0, 0.1) is 0 Å². The fraction of sp³-hybridized carbons (Fsp3) is 0.300. The van der Waals surface area contributed by atoms with Gasteiger partial charge in [0, 0.05) is 11.4 Å². The molecule has 0 aromatic heterocycles. The highest BCUT2D eigenvalue weighted by Gasteiger charge is 2.24. The molecule has 0 aliphatic heterocycles. The standard InChI is InChI=1S/C20H22ClNO4/c1-20(2,3)26-19(25)22-17(18(23)24)11-13-7-9-14(10-8-13)15-5-4-6-16(21)12-15/h4-10,12,17H,11H2,1-3H3,(H,22,25)(H,23,24)/t17-/m1/s1. The molecule has 138 valence electrons. The molecule has 2 aromatic carbocycles. The molecular formula is C20H22ClNO4. The number of carbonyl (C=O) groups excluding carboxylic acids is 1. The summed E-state index contributed by atoms with van der Waals surface area (Å²) in [6.45, 7) is 5.16. The van der Waals surface area contributed by atoms with Crippen molar-refractivity contribution in [1.82, 2.24) is 5.32 Å². The summed E-state index contributed by atoms with van der Waals surface area (Å²) in [4.78, 5) is 23.3. The average Bonchev–Trinajstić information content (AvgIpc) is 2.53. The Labute approximate surface area is 157 Å². The molecule has 0 saturated heterocycles. The normalized spacial score (nSPS) is 12.3. The number of benzene rings is 2. The molecule has 0 aliphatic carbocycles. The Morgan fingerprint density at radius 3 is 2.31 bits per heavy atom. The fourth-order valence-corrected chi connectivity index (χ4v) is 2.58. The van der Waals surface area contributed by atoms with Gasteiger partial charge in [-0.25, -0.2) is 9.59 Å². The first-order valence-electron chi connectivity index (χ1n) is 8.21. The van der Waals surface area contributed by atoms with Gasteiger partial charge in [0.1, 0.15) is 11.6 Å². The zero-order chi connectivity index (χ0) is 19.3. The van der Waals surface area contributed by atoms with Crippen LogP contribution in [-0.4, -0.2) is 28.8 Å². The molecule has 0 aliphatic rings. The van der Waals surface area contributed by atoms with Crippen molar-refractivity contribution in [2.45, 2.75) is 38.8 Å². The molecule has 1 atom stereocenters. The van der Waals surface area contributed by atoms with E-state index < -0.39 is 23.7 Å². The third kappa shape index (κ3) is 6.08. The van der Waals surface area contributed by atoms with Gasteiger partial charge in [-0.3, -0.25) is 0 Å². The van der Waals surface area contributed by atoms with Crippen molar-refractivity contribution in [3.05, 3.63) is 59.1 Å². The minimum absolute atomic E-state index is 0.157. The minimum Gasteiger partial charge on any atom is -0.480 e. The van der Waals surface area contributed by atoms with E-state index in [2.05, 4.69) is 5.32 Å². The monoisotopic (exact) mass is 375 g/mol. The lowest BCUT2D eigenvalue weighted by atomic mass is 10.0. The predicted octanol–water partition coefficient (Wildman–Crippen LogP) is 4.53. The highest BCUT2D eigenvalue weighted by molar-refractivity contribution is 6.30. The van der Waals surface area contributed by atoms with Gasteiger partial charge in [0.05, 0.1) is 0 Å². The summed E-state index contributed by atoms with van der Waals surface area (Å²) in [5, 5.41) is 12.4. The molecule has 0 fully saturated rings. The number of ether oxygens (including phenoxy) is 1. The summed E-state index contributed by atoms with van der Waals surface area (Å²) in [7, 11) is 0. The van der Waals surface area contributed by atoms with E-state index in [1.165, 1.54) is 0 Å². The SMILES string of the molecule is CC(C)(C)OC(=O)N[C@H](Cc1ccc(-c2cccc(Cl)c2)cc1)C(=O)O. The maximum absolute atomic E-state index is 11.8. The number of hydrogen-bond acceptors (Lipinski definition) is 3. The number of hydrogen-bond donors (Lipinski definition) is 2. The summed E-state index contributed by atoms with van der Waals surface area (Å²) in [5.74, 6) is -1.12. The van der Waals surface area contributed by atoms with Crippen LogP contribution in [0.2, 0.25) is 5.02 Å². The summed E-state index contributed by atoms with van der Waals surface area (Å²) in [5.41, 5.74) is 2.05. The maximum atomic E-state index is 11.8. The van der Waals surface area contributed by atoms with Gasteiger partial charge in [-0.15, -0.1) is 0 Å². The molecular weight excluding hydrogens is 354 g/mol. The zero-order valence-electron chi connectivity index (χ0n) is 15.0. The van der Waals surface area contributed by atoms with E-state index in [-0.39, 0.29) is 6.42 Å². The van der Waals surface area contributed by atoms with E-state index in [9.17, 15) is 14.7 Å². The van der Waals surface area contributed by atoms with E-state index in [0.717, 1.165) is 16.7 Å². The second-order valence-electron chi connectivity index (χ2n) is 6.95. The number of carboxylic acids is 1. The quantitative estimate of drug-likeness (QED) is 0.805. The highest BCUT2D eigenvalue weighted by Crippen LogP contribution is 2.23. The predicted molar refractivity (Wildman–Crippen MR) is 101 cm³/mol. The van der Waals surface area contributed by atoms with Crippen LogP contribution in [0.5, 0.6) is 0 Å². The van der Waals surface area contributed by atoms with Gasteiger partial charge in [-0.05, 0) is 49.6 Å². The number of halogens is 1. The van der Waals surface area contributed by atoms with Crippen molar-refractivity contribution in [3.8, 4) is 11.1 Å². The number of carbonyl (C=O) groups is 2. The fourth-order valence-electron chi connectivity index (χ4n) is 2.39. The molecule has 2 rings (SSSR count). The van der Waals surface area contributed by atoms with E-state index in [1.807, 2.05) is 42.5 Å². The number of nitrogens with one attached hydrogen (secondary N) is 1. The Morgan fingerprint density at radius 1 is 1.12 bits per heavy atom. The van der Waals surface area contributed by atoms with Crippen LogP contribution in [0.15, 0.2) is 48.5 Å². The van der Waals surface area contributed by atoms with Gasteiger partial charge in [0.15, 0.2) is 0 Å². The first-order valence-corrected chi connectivity index (χ1v) is 8.59. The Kier molecular flexibility index (Phi) is 6.27. The Hall–Kier alpha value is -2.53. The number of alkyl carbamates (subject to hydrolysis) is 1. The molecule has 2 aromatic rings. The van der Waals surface area contributed by atoms with Gasteiger partial charge < -0.3 is 15.2 Å². The first-order chi connectivity index (χ1) is 12.1. The molecule has 0 radical (unpaired) electrons. The Morgan fingerprint density at radius 2 is 1.77 bits per heavy atom. The van der Waals surface area contributed by atoms with E-state index in [4.69, 9.17) is 16.3 Å². The average molecular weight is 376 g/mol. The number of amides is 1. The largest absolute Gasteiger partial charge is 0.480 e. The van der Waals surface area contributed by atoms with Crippen LogP contribution in [0.1, 0.15) is 26.3 Å². The summed E-state index contributed by atoms with van der Waals surface area (Å²) in [6, 6.07) is 13.9. The Bertz CT molecular complexity index is 781. The molecule has 2 N–H and O–H groups in total. The molecule has 26 heavy (non-hydrogen) atoms. The third-order valence-electron chi connectivity index (χ3n) is 3.54. The van der Waals surface area contributed by atoms with Crippen molar-refractivity contribution in [3.63, 3.8) is 0 Å². The van der Waals surface area contributed by atoms with Gasteiger partial charge in [0.25, 0.3) is 0 Å². The van der Waals surface area contributed by atoms with Crippen LogP contribution in [-0.2, 0) is 16.0 Å². The van der Waals surface area contributed by atoms with Crippen LogP contribution in [0.4, 0.5) is 4.79 Å². The molecule has 0 heterocycles. The number of aliphatic carboxylic acids is 1. The smallest absolute Gasteiger partial charge is 0.408 e. The lowest BCUT2D eigenvalue weighted by Gasteiger charge is -2.22. The number of rotatable bonds is 5.